The highest BCUT2D eigenvalue weighted by Crippen LogP contribution is 2.36. The molecule has 0 aliphatic heterocycles. The lowest BCUT2D eigenvalue weighted by molar-refractivity contribution is -0.125. The van der Waals surface area contributed by atoms with Gasteiger partial charge in [-0.3, -0.25) is 4.79 Å². The number of para-hydroxylation sites is 1. The van der Waals surface area contributed by atoms with E-state index in [1.165, 1.54) is 6.07 Å². The Morgan fingerprint density at radius 2 is 1.83 bits per heavy atom. The summed E-state index contributed by atoms with van der Waals surface area (Å²) in [5.41, 5.74) is 1.52. The molecule has 2 aromatic rings. The maximum Gasteiger partial charge on any atom is 0.138 e. The first-order chi connectivity index (χ1) is 11.2. The van der Waals surface area contributed by atoms with Gasteiger partial charge in [0.1, 0.15) is 11.6 Å². The van der Waals surface area contributed by atoms with Gasteiger partial charge >= 0.3 is 0 Å². The topological polar surface area (TPSA) is 29.1 Å². The van der Waals surface area contributed by atoms with Crippen LogP contribution in [0.2, 0.25) is 0 Å². The van der Waals surface area contributed by atoms with Gasteiger partial charge in [-0.15, -0.1) is 0 Å². The lowest BCUT2D eigenvalue weighted by Crippen LogP contribution is -2.31. The van der Waals surface area contributed by atoms with Crippen LogP contribution in [0.25, 0.3) is 0 Å². The molecule has 2 unspecified atom stereocenters. The largest absolute Gasteiger partial charge is 0.377 e. The van der Waals surface area contributed by atoms with Crippen LogP contribution in [-0.2, 0) is 4.79 Å². The molecule has 4 heteroatoms. The summed E-state index contributed by atoms with van der Waals surface area (Å²) < 4.78 is 15.4. The number of hydrogen-bond donors (Lipinski definition) is 1. The Kier molecular flexibility index (Phi) is 5.30. The molecule has 0 amide bonds. The summed E-state index contributed by atoms with van der Waals surface area (Å²) in [5.74, 6) is -0.186. The van der Waals surface area contributed by atoms with Crippen molar-refractivity contribution in [1.29, 1.82) is 0 Å². The summed E-state index contributed by atoms with van der Waals surface area (Å²) in [7, 11) is 0. The number of anilines is 1. The van der Waals surface area contributed by atoms with Crippen LogP contribution in [0.5, 0.6) is 0 Å². The molecule has 1 fully saturated rings. The van der Waals surface area contributed by atoms with Crippen molar-refractivity contribution in [3.63, 3.8) is 0 Å². The van der Waals surface area contributed by atoms with Gasteiger partial charge in [-0.1, -0.05) is 36.8 Å². The van der Waals surface area contributed by atoms with Crippen molar-refractivity contribution in [2.75, 3.05) is 5.32 Å². The van der Waals surface area contributed by atoms with E-state index in [2.05, 4.69) is 27.9 Å². The first-order valence-electron chi connectivity index (χ1n) is 7.95. The molecule has 1 N–H and O–H groups in total. The molecule has 1 saturated carbocycles. The predicted molar refractivity (Wildman–Crippen MR) is 98.9 cm³/mol. The number of Topliss-reactive ketones (excluding diaryl/α,β-unsaturated/α-hetero) is 1. The van der Waals surface area contributed by atoms with Gasteiger partial charge in [0.05, 0.1) is 6.04 Å². The minimum absolute atomic E-state index is 0.170. The van der Waals surface area contributed by atoms with Gasteiger partial charge in [0.15, 0.2) is 0 Å². The molecule has 0 heterocycles. The number of ketones is 1. The maximum absolute atomic E-state index is 14.4. The van der Waals surface area contributed by atoms with Crippen LogP contribution < -0.4 is 5.32 Å². The quantitative estimate of drug-likeness (QED) is 0.673. The average molecular weight is 423 g/mol. The van der Waals surface area contributed by atoms with Crippen LogP contribution in [0.15, 0.2) is 48.5 Å². The lowest BCUT2D eigenvalue weighted by atomic mass is 9.80. The molecule has 23 heavy (non-hydrogen) atoms. The molecule has 0 saturated heterocycles. The third-order valence-corrected chi connectivity index (χ3v) is 5.37. The number of nitrogens with one attached hydrogen (secondary N) is 1. The minimum Gasteiger partial charge on any atom is -0.377 e. The van der Waals surface area contributed by atoms with Crippen LogP contribution in [0.3, 0.4) is 0 Å². The number of carbonyl (C=O) groups excluding carboxylic acids is 1. The fourth-order valence-electron chi connectivity index (χ4n) is 3.23. The average Bonchev–Trinajstić information content (AvgIpc) is 2.56. The number of hydrogen-bond acceptors (Lipinski definition) is 2. The van der Waals surface area contributed by atoms with Crippen molar-refractivity contribution in [3.8, 4) is 0 Å². The van der Waals surface area contributed by atoms with Crippen LogP contribution >= 0.6 is 22.6 Å². The van der Waals surface area contributed by atoms with Crippen molar-refractivity contribution < 1.29 is 9.18 Å². The molecule has 1 aliphatic carbocycles. The van der Waals surface area contributed by atoms with E-state index in [9.17, 15) is 9.18 Å². The number of carbonyl (C=O) groups is 1. The molecule has 3 rings (SSSR count). The smallest absolute Gasteiger partial charge is 0.138 e. The van der Waals surface area contributed by atoms with Gasteiger partial charge in [-0.2, -0.15) is 0 Å². The zero-order chi connectivity index (χ0) is 16.2. The first kappa shape index (κ1) is 16.4. The second-order valence-electron chi connectivity index (χ2n) is 5.94. The zero-order valence-electron chi connectivity index (χ0n) is 12.8. The standard InChI is InChI=1S/C19H19FINO/c20-15-9-3-1-7-13(15)19(14-8-2-6-12-18(14)23)22-17-11-5-4-10-16(17)21/h1,3-5,7,9-11,14,19,22H,2,6,8,12H2. The fraction of sp³-hybridized carbons (Fsp3) is 0.316. The molecule has 0 radical (unpaired) electrons. The highest BCUT2D eigenvalue weighted by molar-refractivity contribution is 14.1. The Morgan fingerprint density at radius 1 is 1.09 bits per heavy atom. The number of rotatable bonds is 4. The number of halogens is 2. The van der Waals surface area contributed by atoms with E-state index in [-0.39, 0.29) is 23.6 Å². The Hall–Kier alpha value is -1.43. The molecule has 0 bridgehead atoms. The molecule has 1 aliphatic rings. The van der Waals surface area contributed by atoms with E-state index >= 15 is 0 Å². The van der Waals surface area contributed by atoms with Crippen LogP contribution in [0.1, 0.15) is 37.3 Å². The third-order valence-electron chi connectivity index (χ3n) is 4.43. The molecule has 2 nitrogen and oxygen atoms in total. The minimum atomic E-state index is -0.320. The second kappa shape index (κ2) is 7.43. The highest BCUT2D eigenvalue weighted by Gasteiger charge is 2.33. The van der Waals surface area contributed by atoms with Crippen LogP contribution in [0, 0.1) is 15.3 Å². The molecule has 2 atom stereocenters. The normalized spacial score (nSPS) is 19.4. The highest BCUT2D eigenvalue weighted by atomic mass is 127. The summed E-state index contributed by atoms with van der Waals surface area (Å²) in [6.07, 6.45) is 3.38. The summed E-state index contributed by atoms with van der Waals surface area (Å²) in [6, 6.07) is 14.3. The van der Waals surface area contributed by atoms with Crippen molar-refractivity contribution in [2.24, 2.45) is 5.92 Å². The first-order valence-corrected chi connectivity index (χ1v) is 9.03. The third kappa shape index (κ3) is 3.74. The van der Waals surface area contributed by atoms with E-state index in [1.54, 1.807) is 12.1 Å². The zero-order valence-corrected chi connectivity index (χ0v) is 14.9. The van der Waals surface area contributed by atoms with Gasteiger partial charge in [0.2, 0.25) is 0 Å². The molecule has 0 spiro atoms. The second-order valence-corrected chi connectivity index (χ2v) is 7.10. The Labute approximate surface area is 149 Å². The summed E-state index contributed by atoms with van der Waals surface area (Å²) in [4.78, 5) is 12.4. The monoisotopic (exact) mass is 423 g/mol. The number of benzene rings is 2. The molecule has 2 aromatic carbocycles. The molecule has 0 aromatic heterocycles. The lowest BCUT2D eigenvalue weighted by Gasteiger charge is -2.31. The SMILES string of the molecule is O=C1CCCCC1C(Nc1ccccc1I)c1ccccc1F. The van der Waals surface area contributed by atoms with Gasteiger partial charge in [0, 0.05) is 27.2 Å². The maximum atomic E-state index is 14.4. The van der Waals surface area contributed by atoms with E-state index in [4.69, 9.17) is 0 Å². The van der Waals surface area contributed by atoms with Crippen molar-refractivity contribution in [3.05, 3.63) is 63.5 Å². The summed E-state index contributed by atoms with van der Waals surface area (Å²) in [5, 5.41) is 3.44. The van der Waals surface area contributed by atoms with Crippen molar-refractivity contribution in [1.82, 2.24) is 0 Å². The summed E-state index contributed by atoms with van der Waals surface area (Å²) in [6.45, 7) is 0. The van der Waals surface area contributed by atoms with E-state index < -0.39 is 0 Å². The summed E-state index contributed by atoms with van der Waals surface area (Å²) >= 11 is 2.26. The van der Waals surface area contributed by atoms with Crippen LogP contribution in [0.4, 0.5) is 10.1 Å². The fourth-order valence-corrected chi connectivity index (χ4v) is 3.77. The van der Waals surface area contributed by atoms with Crippen molar-refractivity contribution in [2.45, 2.75) is 31.7 Å². The molecular weight excluding hydrogens is 404 g/mol. The van der Waals surface area contributed by atoms with E-state index in [0.717, 1.165) is 28.5 Å². The Bertz CT molecular complexity index is 703. The Balaban J connectivity index is 1.98. The predicted octanol–water partition coefficient (Wildman–Crippen LogP) is 5.34. The Morgan fingerprint density at radius 3 is 2.57 bits per heavy atom. The van der Waals surface area contributed by atoms with Crippen molar-refractivity contribution >= 4 is 34.1 Å². The van der Waals surface area contributed by atoms with Gasteiger partial charge < -0.3 is 5.32 Å². The van der Waals surface area contributed by atoms with Gasteiger partial charge in [0.25, 0.3) is 0 Å². The van der Waals surface area contributed by atoms with E-state index in [1.807, 2.05) is 30.3 Å². The molecular formula is C19H19FINO. The van der Waals surface area contributed by atoms with Crippen LogP contribution in [-0.4, -0.2) is 5.78 Å². The van der Waals surface area contributed by atoms with E-state index in [0.29, 0.717) is 12.0 Å². The van der Waals surface area contributed by atoms with Gasteiger partial charge in [-0.25, -0.2) is 4.39 Å². The molecule has 120 valence electrons. The van der Waals surface area contributed by atoms with Gasteiger partial charge in [-0.05, 0) is 53.6 Å².